The molecule has 0 saturated carbocycles. The van der Waals surface area contributed by atoms with Crippen LogP contribution in [-0.2, 0) is 14.2 Å². The molecule has 0 aliphatic heterocycles. The summed E-state index contributed by atoms with van der Waals surface area (Å²) < 4.78 is 16.5. The van der Waals surface area contributed by atoms with E-state index in [0.717, 1.165) is 34.5 Å². The zero-order chi connectivity index (χ0) is 14.8. The van der Waals surface area contributed by atoms with Crippen LogP contribution in [0, 0.1) is 0 Å². The summed E-state index contributed by atoms with van der Waals surface area (Å²) in [5.74, 6) is 2.40. The lowest BCUT2D eigenvalue weighted by molar-refractivity contribution is 0.217. The van der Waals surface area contributed by atoms with Crippen molar-refractivity contribution >= 4 is 11.3 Å². The molecule has 0 aromatic heterocycles. The van der Waals surface area contributed by atoms with Gasteiger partial charge in [-0.05, 0) is 35.4 Å². The number of hydrogen-bond donors (Lipinski definition) is 0. The molecule has 0 unspecified atom stereocenters. The Morgan fingerprint density at radius 2 is 1.62 bits per heavy atom. The summed E-state index contributed by atoms with van der Waals surface area (Å²) in [4.78, 5) is 0. The molecule has 0 radical (unpaired) electrons. The highest BCUT2D eigenvalue weighted by molar-refractivity contribution is 5.77. The standard InChI is InChI=1S/C18H18O3/c1-19-16-10-9-15-13(12-6-4-5-7-14(12)16)8-11-17(20-2)18(15)21-3/h4-7,9-11H,8H2,1-3H3. The number of fused-ring (bicyclic) bond motifs is 2. The maximum atomic E-state index is 5.57. The van der Waals surface area contributed by atoms with Crippen molar-refractivity contribution in [3.8, 4) is 0 Å². The van der Waals surface area contributed by atoms with Crippen molar-refractivity contribution in [2.45, 2.75) is 6.42 Å². The van der Waals surface area contributed by atoms with Gasteiger partial charge in [-0.25, -0.2) is 0 Å². The molecule has 0 amide bonds. The third-order valence-corrected chi connectivity index (χ3v) is 3.85. The maximum Gasteiger partial charge on any atom is 0.167 e. The minimum atomic E-state index is 0.766. The molecule has 21 heavy (non-hydrogen) atoms. The summed E-state index contributed by atoms with van der Waals surface area (Å²) in [7, 11) is 5.03. The molecule has 0 bridgehead atoms. The van der Waals surface area contributed by atoms with Crippen molar-refractivity contribution in [3.05, 3.63) is 70.0 Å². The first-order valence-corrected chi connectivity index (χ1v) is 6.88. The van der Waals surface area contributed by atoms with E-state index in [-0.39, 0.29) is 0 Å². The molecule has 1 aromatic rings. The lowest BCUT2D eigenvalue weighted by atomic mass is 9.93. The molecule has 2 aliphatic rings. The van der Waals surface area contributed by atoms with Gasteiger partial charge < -0.3 is 14.2 Å². The highest BCUT2D eigenvalue weighted by atomic mass is 16.5. The third-order valence-electron chi connectivity index (χ3n) is 3.85. The molecule has 3 rings (SSSR count). The molecule has 0 heterocycles. The van der Waals surface area contributed by atoms with Crippen LogP contribution in [0.2, 0.25) is 0 Å². The van der Waals surface area contributed by atoms with Crippen molar-refractivity contribution in [3.63, 3.8) is 0 Å². The molecule has 0 atom stereocenters. The van der Waals surface area contributed by atoms with E-state index in [9.17, 15) is 0 Å². The minimum Gasteiger partial charge on any atom is -0.496 e. The first-order valence-electron chi connectivity index (χ1n) is 6.88. The lowest BCUT2D eigenvalue weighted by Crippen LogP contribution is -2.29. The minimum absolute atomic E-state index is 0.766. The van der Waals surface area contributed by atoms with Crippen molar-refractivity contribution in [1.29, 1.82) is 0 Å². The van der Waals surface area contributed by atoms with E-state index in [1.807, 2.05) is 24.3 Å². The van der Waals surface area contributed by atoms with Gasteiger partial charge in [0.1, 0.15) is 5.76 Å². The average molecular weight is 282 g/mol. The number of hydrogen-bond acceptors (Lipinski definition) is 3. The van der Waals surface area contributed by atoms with Crippen molar-refractivity contribution in [1.82, 2.24) is 0 Å². The van der Waals surface area contributed by atoms with E-state index in [1.54, 1.807) is 21.3 Å². The highest BCUT2D eigenvalue weighted by Gasteiger charge is 2.22. The summed E-state index contributed by atoms with van der Waals surface area (Å²) in [6.07, 6.45) is 6.89. The average Bonchev–Trinajstić information content (AvgIpc) is 2.70. The molecule has 2 aliphatic carbocycles. The Hall–Kier alpha value is -2.42. The van der Waals surface area contributed by atoms with Crippen LogP contribution < -0.4 is 10.4 Å². The third kappa shape index (κ3) is 2.15. The van der Waals surface area contributed by atoms with Crippen LogP contribution >= 0.6 is 0 Å². The summed E-state index contributed by atoms with van der Waals surface area (Å²) >= 11 is 0. The summed E-state index contributed by atoms with van der Waals surface area (Å²) in [5, 5.41) is 2.28. The van der Waals surface area contributed by atoms with E-state index in [2.05, 4.69) is 18.2 Å². The monoisotopic (exact) mass is 282 g/mol. The molecular formula is C18H18O3. The van der Waals surface area contributed by atoms with Crippen molar-refractivity contribution in [2.24, 2.45) is 0 Å². The van der Waals surface area contributed by atoms with Crippen LogP contribution in [0.15, 0.2) is 59.6 Å². The molecule has 3 nitrogen and oxygen atoms in total. The summed E-state index contributed by atoms with van der Waals surface area (Å²) in [6.45, 7) is 0. The topological polar surface area (TPSA) is 27.7 Å². The summed E-state index contributed by atoms with van der Waals surface area (Å²) in [6, 6.07) is 8.27. The maximum absolute atomic E-state index is 5.57. The Labute approximate surface area is 124 Å². The van der Waals surface area contributed by atoms with Crippen LogP contribution in [0.4, 0.5) is 0 Å². The van der Waals surface area contributed by atoms with Crippen molar-refractivity contribution < 1.29 is 14.2 Å². The van der Waals surface area contributed by atoms with Crippen LogP contribution in [0.5, 0.6) is 0 Å². The van der Waals surface area contributed by atoms with E-state index in [0.29, 0.717) is 0 Å². The molecule has 0 N–H and O–H groups in total. The molecular weight excluding hydrogens is 264 g/mol. The largest absolute Gasteiger partial charge is 0.496 e. The molecule has 3 heteroatoms. The normalized spacial score (nSPS) is 16.8. The second-order valence-corrected chi connectivity index (χ2v) is 4.85. The van der Waals surface area contributed by atoms with Gasteiger partial charge in [0.25, 0.3) is 0 Å². The molecule has 0 fully saturated rings. The fraction of sp³-hybridized carbons (Fsp3) is 0.222. The van der Waals surface area contributed by atoms with Gasteiger partial charge in [0, 0.05) is 10.8 Å². The van der Waals surface area contributed by atoms with E-state index < -0.39 is 0 Å². The zero-order valence-corrected chi connectivity index (χ0v) is 12.5. The number of benzene rings is 1. The molecule has 108 valence electrons. The number of methoxy groups -OCH3 is 3. The van der Waals surface area contributed by atoms with Gasteiger partial charge >= 0.3 is 0 Å². The van der Waals surface area contributed by atoms with Gasteiger partial charge in [0.15, 0.2) is 11.5 Å². The Bertz CT molecular complexity index is 779. The SMILES string of the molecule is COC1=CCC2=c3ccccc3=C(OC)C=CC2=C1OC. The predicted octanol–water partition coefficient (Wildman–Crippen LogP) is 2.00. The van der Waals surface area contributed by atoms with E-state index in [4.69, 9.17) is 14.2 Å². The fourth-order valence-corrected chi connectivity index (χ4v) is 2.87. The summed E-state index contributed by atoms with van der Waals surface area (Å²) in [5.41, 5.74) is 2.28. The number of allylic oxidation sites excluding steroid dienone is 3. The van der Waals surface area contributed by atoms with Gasteiger partial charge in [0.2, 0.25) is 0 Å². The smallest absolute Gasteiger partial charge is 0.167 e. The van der Waals surface area contributed by atoms with Crippen LogP contribution in [0.25, 0.3) is 11.3 Å². The Balaban J connectivity index is 2.39. The molecule has 0 spiro atoms. The first kappa shape index (κ1) is 13.6. The fourth-order valence-electron chi connectivity index (χ4n) is 2.87. The first-order chi connectivity index (χ1) is 10.3. The second kappa shape index (κ2) is 5.52. The zero-order valence-electron chi connectivity index (χ0n) is 12.5. The number of rotatable bonds is 3. The lowest BCUT2D eigenvalue weighted by Gasteiger charge is -2.20. The second-order valence-electron chi connectivity index (χ2n) is 4.85. The van der Waals surface area contributed by atoms with E-state index >= 15 is 0 Å². The van der Waals surface area contributed by atoms with Gasteiger partial charge in [0.05, 0.1) is 21.3 Å². The van der Waals surface area contributed by atoms with Crippen molar-refractivity contribution in [2.75, 3.05) is 21.3 Å². The Morgan fingerprint density at radius 3 is 2.29 bits per heavy atom. The van der Waals surface area contributed by atoms with Gasteiger partial charge in [-0.3, -0.25) is 0 Å². The van der Waals surface area contributed by atoms with Crippen LogP contribution in [0.1, 0.15) is 6.42 Å². The quantitative estimate of drug-likeness (QED) is 0.848. The highest BCUT2D eigenvalue weighted by Crippen LogP contribution is 2.32. The van der Waals surface area contributed by atoms with Gasteiger partial charge in [-0.2, -0.15) is 0 Å². The van der Waals surface area contributed by atoms with E-state index in [1.165, 1.54) is 10.8 Å². The predicted molar refractivity (Wildman–Crippen MR) is 82.4 cm³/mol. The molecule has 0 saturated heterocycles. The Morgan fingerprint density at radius 1 is 0.857 bits per heavy atom. The van der Waals surface area contributed by atoms with Gasteiger partial charge in [-0.15, -0.1) is 0 Å². The van der Waals surface area contributed by atoms with Crippen LogP contribution in [-0.4, -0.2) is 21.3 Å². The Kier molecular flexibility index (Phi) is 3.57. The molecule has 1 aromatic carbocycles. The van der Waals surface area contributed by atoms with Crippen LogP contribution in [0.3, 0.4) is 0 Å². The van der Waals surface area contributed by atoms with Gasteiger partial charge in [-0.1, -0.05) is 24.3 Å². The number of ether oxygens (including phenoxy) is 3.